The Morgan fingerprint density at radius 2 is 1.83 bits per heavy atom. The molecular formula is C17H32ClN3O3. The first-order valence-electron chi connectivity index (χ1n) is 8.92. The summed E-state index contributed by atoms with van der Waals surface area (Å²) in [5.41, 5.74) is 5.68. The van der Waals surface area contributed by atoms with Gasteiger partial charge in [0.2, 0.25) is 11.8 Å². The Kier molecular flexibility index (Phi) is 9.02. The largest absolute Gasteiger partial charge is 0.385 e. The van der Waals surface area contributed by atoms with Crippen LogP contribution in [0.15, 0.2) is 0 Å². The zero-order valence-electron chi connectivity index (χ0n) is 14.7. The van der Waals surface area contributed by atoms with Gasteiger partial charge in [0, 0.05) is 39.3 Å². The Balaban J connectivity index is 0.00000288. The van der Waals surface area contributed by atoms with Crippen molar-refractivity contribution in [3.05, 3.63) is 0 Å². The number of amides is 2. The standard InChI is InChI=1S/C17H31N3O3.ClH/c1-23-13-5-10-19-15(21)14-6-11-20(12-7-14)16(22)17(18)8-3-2-4-9-17;/h14H,2-13,18H2,1H3,(H,19,21);1H. The van der Waals surface area contributed by atoms with Gasteiger partial charge in [0.1, 0.15) is 0 Å². The van der Waals surface area contributed by atoms with Crippen molar-refractivity contribution in [3.63, 3.8) is 0 Å². The molecule has 1 saturated heterocycles. The summed E-state index contributed by atoms with van der Waals surface area (Å²) in [5, 5.41) is 2.96. The van der Waals surface area contributed by atoms with E-state index in [-0.39, 0.29) is 30.1 Å². The van der Waals surface area contributed by atoms with Crippen LogP contribution < -0.4 is 11.1 Å². The Bertz CT molecular complexity index is 406. The normalized spacial score (nSPS) is 21.0. The van der Waals surface area contributed by atoms with Gasteiger partial charge in [-0.2, -0.15) is 0 Å². The number of carbonyl (C=O) groups is 2. The van der Waals surface area contributed by atoms with Crippen LogP contribution in [0, 0.1) is 5.92 Å². The molecule has 0 unspecified atom stereocenters. The van der Waals surface area contributed by atoms with Crippen molar-refractivity contribution >= 4 is 24.2 Å². The fraction of sp³-hybridized carbons (Fsp3) is 0.882. The number of nitrogens with one attached hydrogen (secondary N) is 1. The molecule has 1 saturated carbocycles. The first-order valence-corrected chi connectivity index (χ1v) is 8.92. The van der Waals surface area contributed by atoms with Crippen molar-refractivity contribution < 1.29 is 14.3 Å². The number of carbonyl (C=O) groups excluding carboxylic acids is 2. The van der Waals surface area contributed by atoms with Gasteiger partial charge in [-0.15, -0.1) is 12.4 Å². The third kappa shape index (κ3) is 5.60. The van der Waals surface area contributed by atoms with Crippen LogP contribution in [0.4, 0.5) is 0 Å². The highest BCUT2D eigenvalue weighted by Crippen LogP contribution is 2.29. The van der Waals surface area contributed by atoms with E-state index in [0.717, 1.165) is 44.9 Å². The molecule has 0 radical (unpaired) electrons. The van der Waals surface area contributed by atoms with E-state index in [0.29, 0.717) is 26.2 Å². The lowest BCUT2D eigenvalue weighted by molar-refractivity contribution is -0.141. The predicted molar refractivity (Wildman–Crippen MR) is 96.1 cm³/mol. The van der Waals surface area contributed by atoms with Crippen LogP contribution in [0.5, 0.6) is 0 Å². The molecule has 2 rings (SSSR count). The lowest BCUT2D eigenvalue weighted by Crippen LogP contribution is -2.58. The van der Waals surface area contributed by atoms with E-state index in [2.05, 4.69) is 5.32 Å². The average Bonchev–Trinajstić information content (AvgIpc) is 2.58. The van der Waals surface area contributed by atoms with Crippen LogP contribution in [0.1, 0.15) is 51.4 Å². The first kappa shape index (κ1) is 21.2. The summed E-state index contributed by atoms with van der Waals surface area (Å²) in [7, 11) is 1.66. The summed E-state index contributed by atoms with van der Waals surface area (Å²) in [5.74, 6) is 0.214. The van der Waals surface area contributed by atoms with Gasteiger partial charge in [-0.3, -0.25) is 9.59 Å². The second-order valence-electron chi connectivity index (χ2n) is 6.92. The molecule has 0 aromatic rings. The summed E-state index contributed by atoms with van der Waals surface area (Å²) in [6.45, 7) is 2.60. The number of piperidine rings is 1. The zero-order chi connectivity index (χ0) is 16.7. The second kappa shape index (κ2) is 10.2. The monoisotopic (exact) mass is 361 g/mol. The van der Waals surface area contributed by atoms with Crippen LogP contribution in [-0.4, -0.2) is 55.6 Å². The topological polar surface area (TPSA) is 84.7 Å². The molecule has 3 N–H and O–H groups in total. The fourth-order valence-corrected chi connectivity index (χ4v) is 3.63. The van der Waals surface area contributed by atoms with E-state index in [1.54, 1.807) is 7.11 Å². The number of nitrogens with two attached hydrogens (primary N) is 1. The molecule has 6 nitrogen and oxygen atoms in total. The van der Waals surface area contributed by atoms with Crippen LogP contribution in [0.25, 0.3) is 0 Å². The molecule has 0 bridgehead atoms. The molecule has 2 aliphatic rings. The van der Waals surface area contributed by atoms with E-state index in [4.69, 9.17) is 10.5 Å². The third-order valence-corrected chi connectivity index (χ3v) is 5.15. The molecule has 2 amide bonds. The number of nitrogens with zero attached hydrogens (tertiary/aromatic N) is 1. The minimum Gasteiger partial charge on any atom is -0.385 e. The van der Waals surface area contributed by atoms with Crippen molar-refractivity contribution in [1.29, 1.82) is 0 Å². The van der Waals surface area contributed by atoms with Crippen molar-refractivity contribution in [2.75, 3.05) is 33.4 Å². The highest BCUT2D eigenvalue weighted by atomic mass is 35.5. The van der Waals surface area contributed by atoms with E-state index in [9.17, 15) is 9.59 Å². The lowest BCUT2D eigenvalue weighted by Gasteiger charge is -2.39. The fourth-order valence-electron chi connectivity index (χ4n) is 3.63. The first-order chi connectivity index (χ1) is 11.1. The summed E-state index contributed by atoms with van der Waals surface area (Å²) in [6.07, 6.45) is 7.16. The molecular weight excluding hydrogens is 330 g/mol. The zero-order valence-corrected chi connectivity index (χ0v) is 15.5. The van der Waals surface area contributed by atoms with Crippen LogP contribution in [0.3, 0.4) is 0 Å². The number of rotatable bonds is 6. The SMILES string of the molecule is COCCCNC(=O)C1CCN(C(=O)C2(N)CCCCC2)CC1.Cl. The van der Waals surface area contributed by atoms with Gasteiger partial charge in [-0.05, 0) is 32.1 Å². The van der Waals surface area contributed by atoms with Gasteiger partial charge in [0.15, 0.2) is 0 Å². The number of ether oxygens (including phenoxy) is 1. The van der Waals surface area contributed by atoms with E-state index >= 15 is 0 Å². The molecule has 1 heterocycles. The number of halogens is 1. The molecule has 140 valence electrons. The number of methoxy groups -OCH3 is 1. The molecule has 0 aromatic carbocycles. The molecule has 2 fully saturated rings. The summed E-state index contributed by atoms with van der Waals surface area (Å²) < 4.78 is 4.97. The van der Waals surface area contributed by atoms with Gasteiger partial charge >= 0.3 is 0 Å². The minimum atomic E-state index is -0.659. The van der Waals surface area contributed by atoms with Crippen LogP contribution >= 0.6 is 12.4 Å². The molecule has 7 heteroatoms. The second-order valence-corrected chi connectivity index (χ2v) is 6.92. The molecule has 1 aliphatic heterocycles. The number of hydrogen-bond donors (Lipinski definition) is 2. The van der Waals surface area contributed by atoms with Gasteiger partial charge in [0.05, 0.1) is 5.54 Å². The highest BCUT2D eigenvalue weighted by Gasteiger charge is 2.39. The van der Waals surface area contributed by atoms with E-state index in [1.807, 2.05) is 4.90 Å². The molecule has 0 atom stereocenters. The van der Waals surface area contributed by atoms with E-state index in [1.165, 1.54) is 6.42 Å². The van der Waals surface area contributed by atoms with Crippen molar-refractivity contribution in [2.45, 2.75) is 56.9 Å². The molecule has 0 spiro atoms. The van der Waals surface area contributed by atoms with Gasteiger partial charge in [0.25, 0.3) is 0 Å². The van der Waals surface area contributed by atoms with Crippen molar-refractivity contribution in [1.82, 2.24) is 10.2 Å². The molecule has 24 heavy (non-hydrogen) atoms. The van der Waals surface area contributed by atoms with Gasteiger partial charge in [-0.1, -0.05) is 19.3 Å². The molecule has 1 aliphatic carbocycles. The Labute approximate surface area is 151 Å². The molecule has 0 aromatic heterocycles. The smallest absolute Gasteiger partial charge is 0.242 e. The quantitative estimate of drug-likeness (QED) is 0.701. The Morgan fingerprint density at radius 1 is 1.21 bits per heavy atom. The van der Waals surface area contributed by atoms with Crippen LogP contribution in [0.2, 0.25) is 0 Å². The summed E-state index contributed by atoms with van der Waals surface area (Å²) in [4.78, 5) is 26.7. The minimum absolute atomic E-state index is 0. The maximum absolute atomic E-state index is 12.7. The summed E-state index contributed by atoms with van der Waals surface area (Å²) in [6, 6.07) is 0. The maximum atomic E-state index is 12.7. The van der Waals surface area contributed by atoms with Crippen molar-refractivity contribution in [2.24, 2.45) is 11.7 Å². The lowest BCUT2D eigenvalue weighted by atomic mass is 9.81. The summed E-state index contributed by atoms with van der Waals surface area (Å²) >= 11 is 0. The van der Waals surface area contributed by atoms with E-state index < -0.39 is 5.54 Å². The Hall–Kier alpha value is -0.850. The maximum Gasteiger partial charge on any atom is 0.242 e. The number of hydrogen-bond acceptors (Lipinski definition) is 4. The van der Waals surface area contributed by atoms with Gasteiger partial charge in [-0.25, -0.2) is 0 Å². The predicted octanol–water partition coefficient (Wildman–Crippen LogP) is 1.46. The van der Waals surface area contributed by atoms with Gasteiger partial charge < -0.3 is 20.7 Å². The van der Waals surface area contributed by atoms with Crippen molar-refractivity contribution in [3.8, 4) is 0 Å². The average molecular weight is 362 g/mol. The highest BCUT2D eigenvalue weighted by molar-refractivity contribution is 5.86. The Morgan fingerprint density at radius 3 is 2.42 bits per heavy atom. The van der Waals surface area contributed by atoms with Crippen LogP contribution in [-0.2, 0) is 14.3 Å². The number of likely N-dealkylation sites (tertiary alicyclic amines) is 1. The third-order valence-electron chi connectivity index (χ3n) is 5.15.